The standard InChI is InChI=1S/C21H32N6.HI/c1-5-26-13-9-12-19(26)14-23-21(22-4)24-15-20-16(2)25-27(17(20)3)18-10-7-6-8-11-18;/h6-8,10-11,19H,5,9,12-15H2,1-4H3,(H2,22,23,24);1H. The van der Waals surface area contributed by atoms with Gasteiger partial charge in [0.1, 0.15) is 0 Å². The van der Waals surface area contributed by atoms with E-state index in [0.717, 1.165) is 36.1 Å². The van der Waals surface area contributed by atoms with Crippen LogP contribution >= 0.6 is 24.0 Å². The molecular formula is C21H33IN6. The number of hydrogen-bond donors (Lipinski definition) is 2. The first-order valence-electron chi connectivity index (χ1n) is 9.93. The lowest BCUT2D eigenvalue weighted by Gasteiger charge is -2.24. The van der Waals surface area contributed by atoms with Crippen molar-refractivity contribution in [2.24, 2.45) is 4.99 Å². The first kappa shape index (κ1) is 22.7. The molecule has 1 aliphatic rings. The Hall–Kier alpha value is -1.61. The minimum Gasteiger partial charge on any atom is -0.355 e. The molecule has 1 saturated heterocycles. The van der Waals surface area contributed by atoms with Gasteiger partial charge in [0, 0.05) is 37.4 Å². The van der Waals surface area contributed by atoms with E-state index in [9.17, 15) is 0 Å². The predicted molar refractivity (Wildman–Crippen MR) is 127 cm³/mol. The van der Waals surface area contributed by atoms with Crippen molar-refractivity contribution < 1.29 is 0 Å². The normalized spacial score (nSPS) is 17.4. The quantitative estimate of drug-likeness (QED) is 0.366. The second-order valence-corrected chi connectivity index (χ2v) is 7.13. The van der Waals surface area contributed by atoms with Gasteiger partial charge < -0.3 is 10.6 Å². The van der Waals surface area contributed by atoms with E-state index in [1.54, 1.807) is 0 Å². The topological polar surface area (TPSA) is 57.5 Å². The third-order valence-electron chi connectivity index (χ3n) is 5.51. The number of nitrogens with zero attached hydrogens (tertiary/aromatic N) is 4. The average Bonchev–Trinajstić information content (AvgIpc) is 3.27. The van der Waals surface area contributed by atoms with Gasteiger partial charge in [-0.15, -0.1) is 24.0 Å². The Morgan fingerprint density at radius 2 is 1.96 bits per heavy atom. The molecule has 7 heteroatoms. The minimum atomic E-state index is 0. The summed E-state index contributed by atoms with van der Waals surface area (Å²) in [6, 6.07) is 10.9. The molecule has 3 rings (SSSR count). The zero-order valence-electron chi connectivity index (χ0n) is 17.4. The summed E-state index contributed by atoms with van der Waals surface area (Å²) >= 11 is 0. The summed E-state index contributed by atoms with van der Waals surface area (Å²) in [7, 11) is 1.83. The van der Waals surface area contributed by atoms with Gasteiger partial charge in [-0.1, -0.05) is 25.1 Å². The number of para-hydroxylation sites is 1. The fourth-order valence-electron chi connectivity index (χ4n) is 3.90. The van der Waals surface area contributed by atoms with Crippen molar-refractivity contribution in [3.8, 4) is 5.69 Å². The maximum atomic E-state index is 4.72. The number of likely N-dealkylation sites (tertiary alicyclic amines) is 1. The maximum absolute atomic E-state index is 4.72. The number of aryl methyl sites for hydroxylation is 1. The summed E-state index contributed by atoms with van der Waals surface area (Å²) < 4.78 is 2.01. The largest absolute Gasteiger partial charge is 0.355 e. The van der Waals surface area contributed by atoms with Gasteiger partial charge in [-0.05, 0) is 51.9 Å². The van der Waals surface area contributed by atoms with Gasteiger partial charge in [0.2, 0.25) is 0 Å². The maximum Gasteiger partial charge on any atom is 0.191 e. The molecule has 154 valence electrons. The van der Waals surface area contributed by atoms with Crippen LogP contribution in [0.1, 0.15) is 36.7 Å². The number of hydrogen-bond acceptors (Lipinski definition) is 3. The molecule has 2 heterocycles. The lowest BCUT2D eigenvalue weighted by molar-refractivity contribution is 0.267. The van der Waals surface area contributed by atoms with Gasteiger partial charge in [0.25, 0.3) is 0 Å². The molecule has 0 bridgehead atoms. The third kappa shape index (κ3) is 5.26. The smallest absolute Gasteiger partial charge is 0.191 e. The molecule has 1 unspecified atom stereocenters. The highest BCUT2D eigenvalue weighted by molar-refractivity contribution is 14.0. The van der Waals surface area contributed by atoms with Crippen LogP contribution in [0.5, 0.6) is 0 Å². The number of halogens is 1. The summed E-state index contributed by atoms with van der Waals surface area (Å²) in [6.07, 6.45) is 2.56. The Morgan fingerprint density at radius 1 is 1.21 bits per heavy atom. The Labute approximate surface area is 185 Å². The molecule has 1 aromatic heterocycles. The van der Waals surface area contributed by atoms with Crippen molar-refractivity contribution >= 4 is 29.9 Å². The lowest BCUT2D eigenvalue weighted by atomic mass is 10.2. The van der Waals surface area contributed by atoms with E-state index >= 15 is 0 Å². The molecule has 6 nitrogen and oxygen atoms in total. The van der Waals surface area contributed by atoms with Crippen molar-refractivity contribution in [2.45, 2.75) is 46.2 Å². The highest BCUT2D eigenvalue weighted by Gasteiger charge is 2.22. The molecule has 1 aromatic carbocycles. The number of aliphatic imine (C=N–C) groups is 1. The lowest BCUT2D eigenvalue weighted by Crippen LogP contribution is -2.44. The Balaban J connectivity index is 0.00000280. The van der Waals surface area contributed by atoms with E-state index in [0.29, 0.717) is 12.6 Å². The van der Waals surface area contributed by atoms with Crippen LogP contribution in [-0.4, -0.2) is 53.4 Å². The van der Waals surface area contributed by atoms with Gasteiger partial charge in [-0.2, -0.15) is 5.10 Å². The first-order valence-corrected chi connectivity index (χ1v) is 9.93. The van der Waals surface area contributed by atoms with Crippen molar-refractivity contribution in [3.63, 3.8) is 0 Å². The van der Waals surface area contributed by atoms with Crippen molar-refractivity contribution in [3.05, 3.63) is 47.3 Å². The number of rotatable bonds is 6. The van der Waals surface area contributed by atoms with Crippen LogP contribution < -0.4 is 10.6 Å². The van der Waals surface area contributed by atoms with E-state index in [-0.39, 0.29) is 24.0 Å². The molecule has 0 saturated carbocycles. The van der Waals surface area contributed by atoms with Crippen LogP contribution in [0.15, 0.2) is 35.3 Å². The van der Waals surface area contributed by atoms with Crippen LogP contribution in [0.4, 0.5) is 0 Å². The second-order valence-electron chi connectivity index (χ2n) is 7.13. The average molecular weight is 496 g/mol. The van der Waals surface area contributed by atoms with Gasteiger partial charge in [0.05, 0.1) is 11.4 Å². The van der Waals surface area contributed by atoms with E-state index in [4.69, 9.17) is 5.10 Å². The molecule has 1 atom stereocenters. The van der Waals surface area contributed by atoms with Gasteiger partial charge in [0.15, 0.2) is 5.96 Å². The van der Waals surface area contributed by atoms with Gasteiger partial charge >= 0.3 is 0 Å². The number of aromatic nitrogens is 2. The molecule has 2 aromatic rings. The van der Waals surface area contributed by atoms with E-state index in [1.165, 1.54) is 24.9 Å². The molecule has 1 fully saturated rings. The number of nitrogens with one attached hydrogen (secondary N) is 2. The van der Waals surface area contributed by atoms with Crippen molar-refractivity contribution in [2.75, 3.05) is 26.7 Å². The van der Waals surface area contributed by atoms with Gasteiger partial charge in [-0.3, -0.25) is 9.89 Å². The molecular weight excluding hydrogens is 463 g/mol. The molecule has 0 aliphatic carbocycles. The monoisotopic (exact) mass is 496 g/mol. The summed E-state index contributed by atoms with van der Waals surface area (Å²) in [5.74, 6) is 0.851. The van der Waals surface area contributed by atoms with Crippen LogP contribution in [0.2, 0.25) is 0 Å². The fourth-order valence-corrected chi connectivity index (χ4v) is 3.90. The summed E-state index contributed by atoms with van der Waals surface area (Å²) in [6.45, 7) is 10.4. The molecule has 0 spiro atoms. The zero-order chi connectivity index (χ0) is 19.2. The first-order chi connectivity index (χ1) is 13.1. The Morgan fingerprint density at radius 3 is 2.64 bits per heavy atom. The SMILES string of the molecule is CCN1CCCC1CNC(=NC)NCc1c(C)nn(-c2ccccc2)c1C.I. The van der Waals surface area contributed by atoms with E-state index in [2.05, 4.69) is 53.4 Å². The van der Waals surface area contributed by atoms with Crippen LogP contribution in [0, 0.1) is 13.8 Å². The fraction of sp³-hybridized carbons (Fsp3) is 0.524. The summed E-state index contributed by atoms with van der Waals surface area (Å²) in [4.78, 5) is 6.93. The number of likely N-dealkylation sites (N-methyl/N-ethyl adjacent to an activating group) is 1. The Kier molecular flexibility index (Phi) is 8.75. The summed E-state index contributed by atoms with van der Waals surface area (Å²) in [5.41, 5.74) is 4.52. The third-order valence-corrected chi connectivity index (χ3v) is 5.51. The van der Waals surface area contributed by atoms with Crippen LogP contribution in [0.25, 0.3) is 5.69 Å². The zero-order valence-corrected chi connectivity index (χ0v) is 19.7. The highest BCUT2D eigenvalue weighted by Crippen LogP contribution is 2.18. The van der Waals surface area contributed by atoms with Crippen molar-refractivity contribution in [1.29, 1.82) is 0 Å². The van der Waals surface area contributed by atoms with Crippen molar-refractivity contribution in [1.82, 2.24) is 25.3 Å². The number of benzene rings is 1. The molecule has 28 heavy (non-hydrogen) atoms. The van der Waals surface area contributed by atoms with E-state index < -0.39 is 0 Å². The highest BCUT2D eigenvalue weighted by atomic mass is 127. The number of guanidine groups is 1. The molecule has 0 amide bonds. The Bertz CT molecular complexity index is 771. The van der Waals surface area contributed by atoms with Crippen LogP contribution in [0.3, 0.4) is 0 Å². The molecule has 2 N–H and O–H groups in total. The summed E-state index contributed by atoms with van der Waals surface area (Å²) in [5, 5.41) is 11.7. The molecule has 0 radical (unpaired) electrons. The van der Waals surface area contributed by atoms with Gasteiger partial charge in [-0.25, -0.2) is 4.68 Å². The van der Waals surface area contributed by atoms with Crippen LogP contribution in [-0.2, 0) is 6.54 Å². The second kappa shape index (κ2) is 10.8. The minimum absolute atomic E-state index is 0. The van der Waals surface area contributed by atoms with E-state index in [1.807, 2.05) is 29.9 Å². The molecule has 1 aliphatic heterocycles. The predicted octanol–water partition coefficient (Wildman–Crippen LogP) is 3.26.